The third kappa shape index (κ3) is 4.73. The van der Waals surface area contributed by atoms with E-state index in [-0.39, 0.29) is 54.6 Å². The minimum absolute atomic E-state index is 0.0105. The molecule has 0 bridgehead atoms. The Morgan fingerprint density at radius 2 is 1.94 bits per heavy atom. The van der Waals surface area contributed by atoms with Crippen molar-refractivity contribution in [2.45, 2.75) is 19.5 Å². The molecule has 4 N–H and O–H groups in total. The van der Waals surface area contributed by atoms with Gasteiger partial charge in [-0.1, -0.05) is 18.2 Å². The molecule has 0 spiro atoms. The molecule has 2 amide bonds. The van der Waals surface area contributed by atoms with Gasteiger partial charge in [0.2, 0.25) is 0 Å². The number of carbonyl (C=O) groups is 2. The monoisotopic (exact) mass is 473 g/mol. The number of carbonyl (C=O) groups excluding carboxylic acids is 2. The molecule has 1 aliphatic rings. The molecule has 1 aromatic heterocycles. The van der Waals surface area contributed by atoms with E-state index in [4.69, 9.17) is 9.79 Å². The summed E-state index contributed by atoms with van der Waals surface area (Å²) >= 11 is 0. The Kier molecular flexibility index (Phi) is 6.16. The third-order valence-electron chi connectivity index (χ3n) is 5.42. The van der Waals surface area contributed by atoms with Crippen LogP contribution >= 0.6 is 7.60 Å². The maximum atomic E-state index is 13.2. The number of hydrogen-bond donors (Lipinski definition) is 4. The van der Waals surface area contributed by atoms with Gasteiger partial charge in [-0.2, -0.15) is 0 Å². The molecule has 0 radical (unpaired) electrons. The van der Waals surface area contributed by atoms with Gasteiger partial charge in [0, 0.05) is 36.8 Å². The highest BCUT2D eigenvalue weighted by atomic mass is 31.2. The van der Waals surface area contributed by atoms with Crippen LogP contribution in [0.1, 0.15) is 38.3 Å². The van der Waals surface area contributed by atoms with Gasteiger partial charge in [0.05, 0.1) is 17.3 Å². The number of benzene rings is 2. The summed E-state index contributed by atoms with van der Waals surface area (Å²) in [7, 11) is -4.18. The third-order valence-corrected chi connectivity index (χ3v) is 6.32. The molecule has 0 saturated carbocycles. The van der Waals surface area contributed by atoms with Gasteiger partial charge in [0.1, 0.15) is 11.3 Å². The fraction of sp³-hybridized carbons (Fsp3) is 0.227. The second-order valence-corrected chi connectivity index (χ2v) is 9.54. The van der Waals surface area contributed by atoms with Gasteiger partial charge < -0.3 is 25.1 Å². The number of fused-ring (bicyclic) bond motifs is 2. The number of nitrogens with zero attached hydrogens (tertiary/aromatic N) is 2. The van der Waals surface area contributed by atoms with Crippen molar-refractivity contribution in [2.75, 3.05) is 12.7 Å². The summed E-state index contributed by atoms with van der Waals surface area (Å²) in [5, 5.41) is 13.8. The molecule has 0 atom stereocenters. The van der Waals surface area contributed by atoms with E-state index in [9.17, 15) is 23.7 Å². The summed E-state index contributed by atoms with van der Waals surface area (Å²) < 4.78 is 24.3. The highest BCUT2D eigenvalue weighted by Crippen LogP contribution is 2.40. The Morgan fingerprint density at radius 3 is 2.64 bits per heavy atom. The van der Waals surface area contributed by atoms with Crippen LogP contribution in [-0.4, -0.2) is 49.3 Å². The fourth-order valence-corrected chi connectivity index (χ4v) is 4.50. The average Bonchev–Trinajstić information content (AvgIpc) is 3.08. The zero-order valence-electron chi connectivity index (χ0n) is 17.4. The molecular weight excluding hydrogens is 452 g/mol. The highest BCUT2D eigenvalue weighted by molar-refractivity contribution is 7.51. The van der Waals surface area contributed by atoms with Crippen LogP contribution in [0.5, 0.6) is 5.75 Å². The average molecular weight is 473 g/mol. The Labute approximate surface area is 188 Å². The summed E-state index contributed by atoms with van der Waals surface area (Å²) in [6.07, 6.45) is 1.14. The predicted octanol–water partition coefficient (Wildman–Crippen LogP) is 2.53. The maximum absolute atomic E-state index is 13.2. The number of amides is 2. The first kappa shape index (κ1) is 22.8. The number of hydrogen-bond acceptors (Lipinski definition) is 5. The van der Waals surface area contributed by atoms with E-state index >= 15 is 0 Å². The number of pyridine rings is 1. The van der Waals surface area contributed by atoms with Gasteiger partial charge in [0.15, 0.2) is 5.75 Å². The summed E-state index contributed by atoms with van der Waals surface area (Å²) in [6, 6.07) is 8.90. The van der Waals surface area contributed by atoms with Gasteiger partial charge in [-0.3, -0.25) is 19.1 Å². The number of nitrogens with one attached hydrogen (secondary N) is 1. The van der Waals surface area contributed by atoms with Gasteiger partial charge >= 0.3 is 7.60 Å². The number of rotatable bonds is 7. The van der Waals surface area contributed by atoms with Crippen molar-refractivity contribution in [1.29, 1.82) is 0 Å². The lowest BCUT2D eigenvalue weighted by atomic mass is 9.96. The largest absolute Gasteiger partial charge is 0.505 e. The zero-order valence-corrected chi connectivity index (χ0v) is 18.3. The molecule has 1 aliphatic heterocycles. The molecule has 11 heteroatoms. The van der Waals surface area contributed by atoms with E-state index in [1.807, 2.05) is 0 Å². The summed E-state index contributed by atoms with van der Waals surface area (Å²) in [5.74, 6) is -1.73. The van der Waals surface area contributed by atoms with Gasteiger partial charge in [-0.05, 0) is 30.2 Å². The molecule has 9 nitrogen and oxygen atoms in total. The molecule has 0 aliphatic carbocycles. The molecule has 4 rings (SSSR count). The highest BCUT2D eigenvalue weighted by Gasteiger charge is 2.36. The van der Waals surface area contributed by atoms with Gasteiger partial charge in [-0.25, -0.2) is 4.39 Å². The molecule has 0 fully saturated rings. The van der Waals surface area contributed by atoms with Gasteiger partial charge in [-0.15, -0.1) is 0 Å². The van der Waals surface area contributed by atoms with Crippen molar-refractivity contribution in [2.24, 2.45) is 0 Å². The van der Waals surface area contributed by atoms with Crippen molar-refractivity contribution in [3.8, 4) is 5.75 Å². The molecular formula is C22H21FN3O6P. The van der Waals surface area contributed by atoms with E-state index in [0.29, 0.717) is 16.5 Å². The van der Waals surface area contributed by atoms with Crippen LogP contribution in [0.25, 0.3) is 10.9 Å². The smallest absolute Gasteiger partial charge is 0.325 e. The summed E-state index contributed by atoms with van der Waals surface area (Å²) in [6.45, 7) is 0.226. The molecule has 172 valence electrons. The van der Waals surface area contributed by atoms with E-state index in [2.05, 4.69) is 10.3 Å². The molecule has 0 unspecified atom stereocenters. The molecule has 33 heavy (non-hydrogen) atoms. The van der Waals surface area contributed by atoms with Crippen LogP contribution in [0.2, 0.25) is 0 Å². The van der Waals surface area contributed by atoms with E-state index in [0.717, 1.165) is 0 Å². The van der Waals surface area contributed by atoms with Crippen LogP contribution < -0.4 is 5.32 Å². The van der Waals surface area contributed by atoms with Crippen LogP contribution in [0.4, 0.5) is 4.39 Å². The lowest BCUT2D eigenvalue weighted by Crippen LogP contribution is -2.27. The minimum Gasteiger partial charge on any atom is -0.505 e. The number of phenols is 1. The Hall–Kier alpha value is -3.33. The van der Waals surface area contributed by atoms with Crippen molar-refractivity contribution in [1.82, 2.24) is 15.2 Å². The second kappa shape index (κ2) is 8.90. The maximum Gasteiger partial charge on any atom is 0.325 e. The Bertz CT molecular complexity index is 1290. The van der Waals surface area contributed by atoms with E-state index < -0.39 is 25.2 Å². The van der Waals surface area contributed by atoms with Gasteiger partial charge in [0.25, 0.3) is 11.8 Å². The second-order valence-electron chi connectivity index (χ2n) is 7.76. The van der Waals surface area contributed by atoms with Crippen molar-refractivity contribution in [3.63, 3.8) is 0 Å². The number of phenolic OH excluding ortho intramolecular Hbond substituents is 1. The standard InChI is InChI=1S/C22H21FN3O6P/c23-14-6-4-13(5-7-14)11-26-12-16-17(21(28)25-9-2-10-33(30,31)32)15-3-1-8-24-19(15)20(27)18(16)22(26)29/h1,3-8,27H,2,9-12H2,(H,25,28)(H2,30,31,32). The van der Waals surface area contributed by atoms with Crippen LogP contribution in [0.15, 0.2) is 42.6 Å². The number of halogens is 1. The SMILES string of the molecule is O=C(NCCCP(=O)(O)O)c1c2c(c(O)c3ncccc13)C(=O)N(Cc1ccc(F)cc1)C2. The Balaban J connectivity index is 1.68. The first-order valence-corrected chi connectivity index (χ1v) is 11.9. The topological polar surface area (TPSA) is 140 Å². The van der Waals surface area contributed by atoms with Crippen molar-refractivity contribution in [3.05, 3.63) is 70.7 Å². The van der Waals surface area contributed by atoms with E-state index in [1.54, 1.807) is 24.3 Å². The zero-order chi connectivity index (χ0) is 23.8. The summed E-state index contributed by atoms with van der Waals surface area (Å²) in [4.78, 5) is 49.8. The quantitative estimate of drug-likeness (QED) is 0.305. The van der Waals surface area contributed by atoms with E-state index in [1.165, 1.54) is 23.2 Å². The lowest BCUT2D eigenvalue weighted by molar-refractivity contribution is 0.0763. The molecule has 2 heterocycles. The first-order chi connectivity index (χ1) is 15.7. The molecule has 3 aromatic rings. The lowest BCUT2D eigenvalue weighted by Gasteiger charge is -2.16. The van der Waals surface area contributed by atoms with Crippen molar-refractivity contribution >= 4 is 30.3 Å². The minimum atomic E-state index is -4.18. The predicted molar refractivity (Wildman–Crippen MR) is 117 cm³/mol. The molecule has 2 aromatic carbocycles. The van der Waals surface area contributed by atoms with Crippen LogP contribution in [0.3, 0.4) is 0 Å². The normalized spacial score (nSPS) is 13.4. The Morgan fingerprint density at radius 1 is 1.21 bits per heavy atom. The van der Waals surface area contributed by atoms with Crippen LogP contribution in [-0.2, 0) is 17.7 Å². The number of aromatic nitrogens is 1. The first-order valence-electron chi connectivity index (χ1n) is 10.1. The van der Waals surface area contributed by atoms with Crippen molar-refractivity contribution < 1.29 is 33.4 Å². The fourth-order valence-electron chi connectivity index (χ4n) is 3.93. The molecule has 0 saturated heterocycles. The number of aromatic hydroxyl groups is 1. The summed E-state index contributed by atoms with van der Waals surface area (Å²) in [5.41, 5.74) is 1.30. The van der Waals surface area contributed by atoms with Crippen LogP contribution in [0, 0.1) is 5.82 Å².